The van der Waals surface area contributed by atoms with E-state index < -0.39 is 29.8 Å². The second kappa shape index (κ2) is 8.63. The average molecular weight is 341 g/mol. The molecule has 1 atom stereocenters. The summed E-state index contributed by atoms with van der Waals surface area (Å²) in [6.07, 6.45) is 0. The SMILES string of the molecule is COC(=O)C(C(=O)OC)C(NC(=O)c1ccccc1)c1ccccc1. The van der Waals surface area contributed by atoms with E-state index in [1.807, 2.05) is 0 Å². The van der Waals surface area contributed by atoms with Crippen LogP contribution >= 0.6 is 0 Å². The number of amides is 1. The second-order valence-corrected chi connectivity index (χ2v) is 5.25. The highest BCUT2D eigenvalue weighted by atomic mass is 16.5. The Balaban J connectivity index is 2.40. The Kier molecular flexibility index (Phi) is 6.28. The number of hydrogen-bond donors (Lipinski definition) is 1. The molecule has 0 saturated carbocycles. The Bertz CT molecular complexity index is 714. The molecule has 0 aliphatic rings. The Hall–Kier alpha value is -3.15. The topological polar surface area (TPSA) is 81.7 Å². The number of carbonyl (C=O) groups excluding carboxylic acids is 3. The fourth-order valence-electron chi connectivity index (χ4n) is 2.46. The summed E-state index contributed by atoms with van der Waals surface area (Å²) in [7, 11) is 2.36. The Morgan fingerprint density at radius 2 is 1.28 bits per heavy atom. The normalized spacial score (nSPS) is 11.5. The van der Waals surface area contributed by atoms with Gasteiger partial charge in [0.1, 0.15) is 0 Å². The van der Waals surface area contributed by atoms with Crippen molar-refractivity contribution in [2.24, 2.45) is 5.92 Å². The minimum absolute atomic E-state index is 0.410. The molecule has 0 bridgehead atoms. The first-order valence-corrected chi connectivity index (χ1v) is 7.65. The van der Waals surface area contributed by atoms with Crippen molar-refractivity contribution in [3.8, 4) is 0 Å². The molecule has 0 aliphatic heterocycles. The van der Waals surface area contributed by atoms with Crippen LogP contribution in [0.5, 0.6) is 0 Å². The number of nitrogens with one attached hydrogen (secondary N) is 1. The van der Waals surface area contributed by atoms with Gasteiger partial charge in [-0.05, 0) is 17.7 Å². The lowest BCUT2D eigenvalue weighted by Gasteiger charge is -2.25. The van der Waals surface area contributed by atoms with Gasteiger partial charge in [0.2, 0.25) is 0 Å². The van der Waals surface area contributed by atoms with Crippen LogP contribution < -0.4 is 5.32 Å². The number of hydrogen-bond acceptors (Lipinski definition) is 5. The minimum Gasteiger partial charge on any atom is -0.468 e. The van der Waals surface area contributed by atoms with Crippen LogP contribution in [0.25, 0.3) is 0 Å². The van der Waals surface area contributed by atoms with Crippen LogP contribution in [0.1, 0.15) is 22.0 Å². The zero-order valence-electron chi connectivity index (χ0n) is 14.0. The van der Waals surface area contributed by atoms with Gasteiger partial charge in [0.25, 0.3) is 5.91 Å². The number of methoxy groups -OCH3 is 2. The van der Waals surface area contributed by atoms with E-state index in [1.54, 1.807) is 60.7 Å². The van der Waals surface area contributed by atoms with Gasteiger partial charge in [-0.3, -0.25) is 14.4 Å². The average Bonchev–Trinajstić information content (AvgIpc) is 2.68. The number of ether oxygens (including phenoxy) is 2. The highest BCUT2D eigenvalue weighted by molar-refractivity contribution is 5.98. The van der Waals surface area contributed by atoms with Crippen molar-refractivity contribution in [3.05, 3.63) is 71.8 Å². The Labute approximate surface area is 145 Å². The van der Waals surface area contributed by atoms with E-state index in [0.29, 0.717) is 11.1 Å². The smallest absolute Gasteiger partial charge is 0.322 e. The third kappa shape index (κ3) is 4.44. The molecule has 2 rings (SSSR count). The summed E-state index contributed by atoms with van der Waals surface area (Å²) in [4.78, 5) is 36.9. The van der Waals surface area contributed by atoms with Crippen LogP contribution in [0.3, 0.4) is 0 Å². The molecule has 1 amide bonds. The lowest BCUT2D eigenvalue weighted by molar-refractivity contribution is -0.160. The molecule has 0 aromatic heterocycles. The summed E-state index contributed by atoms with van der Waals surface area (Å²) in [5, 5.41) is 2.74. The van der Waals surface area contributed by atoms with E-state index >= 15 is 0 Å². The summed E-state index contributed by atoms with van der Waals surface area (Å²) in [6.45, 7) is 0. The summed E-state index contributed by atoms with van der Waals surface area (Å²) < 4.78 is 9.47. The number of esters is 2. The van der Waals surface area contributed by atoms with Crippen molar-refractivity contribution >= 4 is 17.8 Å². The van der Waals surface area contributed by atoms with Crippen LogP contribution in [0.4, 0.5) is 0 Å². The molecule has 0 radical (unpaired) electrons. The molecule has 6 nitrogen and oxygen atoms in total. The third-order valence-corrected chi connectivity index (χ3v) is 3.72. The van der Waals surface area contributed by atoms with Crippen molar-refractivity contribution in [2.45, 2.75) is 6.04 Å². The van der Waals surface area contributed by atoms with Crippen molar-refractivity contribution in [3.63, 3.8) is 0 Å². The highest BCUT2D eigenvalue weighted by Gasteiger charge is 2.39. The predicted molar refractivity (Wildman–Crippen MR) is 90.6 cm³/mol. The van der Waals surface area contributed by atoms with Gasteiger partial charge >= 0.3 is 11.9 Å². The quantitative estimate of drug-likeness (QED) is 0.643. The maximum atomic E-state index is 12.5. The summed E-state index contributed by atoms with van der Waals surface area (Å²) in [5.74, 6) is -3.29. The van der Waals surface area contributed by atoms with Crippen molar-refractivity contribution in [1.82, 2.24) is 5.32 Å². The van der Waals surface area contributed by atoms with Gasteiger partial charge in [-0.1, -0.05) is 48.5 Å². The van der Waals surface area contributed by atoms with Gasteiger partial charge in [-0.25, -0.2) is 0 Å². The number of rotatable bonds is 6. The maximum absolute atomic E-state index is 12.5. The predicted octanol–water partition coefficient (Wildman–Crippen LogP) is 2.12. The first-order valence-electron chi connectivity index (χ1n) is 7.65. The van der Waals surface area contributed by atoms with E-state index in [1.165, 1.54) is 14.2 Å². The largest absolute Gasteiger partial charge is 0.468 e. The molecular weight excluding hydrogens is 322 g/mol. The summed E-state index contributed by atoms with van der Waals surface area (Å²) >= 11 is 0. The zero-order valence-corrected chi connectivity index (χ0v) is 14.0. The third-order valence-electron chi connectivity index (χ3n) is 3.72. The Morgan fingerprint density at radius 3 is 1.76 bits per heavy atom. The standard InChI is InChI=1S/C19H19NO5/c1-24-18(22)15(19(23)25-2)16(13-9-5-3-6-10-13)20-17(21)14-11-7-4-8-12-14/h3-12,15-16H,1-2H3,(H,20,21). The first kappa shape index (κ1) is 18.2. The minimum atomic E-state index is -1.31. The number of carbonyl (C=O) groups is 3. The van der Waals surface area contributed by atoms with Gasteiger partial charge in [0.05, 0.1) is 20.3 Å². The highest BCUT2D eigenvalue weighted by Crippen LogP contribution is 2.25. The zero-order chi connectivity index (χ0) is 18.2. The van der Waals surface area contributed by atoms with Crippen LogP contribution in [-0.2, 0) is 19.1 Å². The first-order chi connectivity index (χ1) is 12.1. The van der Waals surface area contributed by atoms with Crippen LogP contribution in [0.15, 0.2) is 60.7 Å². The Morgan fingerprint density at radius 1 is 0.800 bits per heavy atom. The molecular formula is C19H19NO5. The molecule has 0 aliphatic carbocycles. The van der Waals surface area contributed by atoms with Crippen LogP contribution in [-0.4, -0.2) is 32.1 Å². The molecule has 0 saturated heterocycles. The summed E-state index contributed by atoms with van der Waals surface area (Å²) in [6, 6.07) is 16.3. The fraction of sp³-hybridized carbons (Fsp3) is 0.211. The maximum Gasteiger partial charge on any atom is 0.322 e. The van der Waals surface area contributed by atoms with Gasteiger partial charge in [0.15, 0.2) is 5.92 Å². The molecule has 0 fully saturated rings. The van der Waals surface area contributed by atoms with Crippen molar-refractivity contribution in [1.29, 1.82) is 0 Å². The molecule has 2 aromatic rings. The molecule has 2 aromatic carbocycles. The van der Waals surface area contributed by atoms with Crippen molar-refractivity contribution in [2.75, 3.05) is 14.2 Å². The van der Waals surface area contributed by atoms with E-state index in [2.05, 4.69) is 5.32 Å². The van der Waals surface area contributed by atoms with Gasteiger partial charge in [-0.2, -0.15) is 0 Å². The van der Waals surface area contributed by atoms with Crippen molar-refractivity contribution < 1.29 is 23.9 Å². The van der Waals surface area contributed by atoms with E-state index in [0.717, 1.165) is 0 Å². The molecule has 130 valence electrons. The second-order valence-electron chi connectivity index (χ2n) is 5.25. The lowest BCUT2D eigenvalue weighted by Crippen LogP contribution is -2.41. The van der Waals surface area contributed by atoms with Gasteiger partial charge < -0.3 is 14.8 Å². The van der Waals surface area contributed by atoms with E-state index in [-0.39, 0.29) is 0 Å². The fourth-order valence-corrected chi connectivity index (χ4v) is 2.46. The molecule has 6 heteroatoms. The van der Waals surface area contributed by atoms with Crippen LogP contribution in [0, 0.1) is 5.92 Å². The monoisotopic (exact) mass is 341 g/mol. The molecule has 25 heavy (non-hydrogen) atoms. The van der Waals surface area contributed by atoms with E-state index in [9.17, 15) is 14.4 Å². The molecule has 0 spiro atoms. The van der Waals surface area contributed by atoms with Gasteiger partial charge in [-0.15, -0.1) is 0 Å². The molecule has 1 unspecified atom stereocenters. The van der Waals surface area contributed by atoms with E-state index in [4.69, 9.17) is 9.47 Å². The molecule has 1 N–H and O–H groups in total. The molecule has 0 heterocycles. The lowest BCUT2D eigenvalue weighted by atomic mass is 9.92. The van der Waals surface area contributed by atoms with Gasteiger partial charge in [0, 0.05) is 5.56 Å². The van der Waals surface area contributed by atoms with Crippen LogP contribution in [0.2, 0.25) is 0 Å². The number of benzene rings is 2. The summed E-state index contributed by atoms with van der Waals surface area (Å²) in [5.41, 5.74) is 1.00.